The van der Waals surface area contributed by atoms with Gasteiger partial charge in [-0.2, -0.15) is 0 Å². The van der Waals surface area contributed by atoms with Crippen molar-refractivity contribution in [3.05, 3.63) is 29.3 Å². The van der Waals surface area contributed by atoms with E-state index in [9.17, 15) is 0 Å². The molecule has 0 N–H and O–H groups in total. The number of aromatic nitrogens is 5. The van der Waals surface area contributed by atoms with Crippen LogP contribution in [-0.4, -0.2) is 30.4 Å². The van der Waals surface area contributed by atoms with Crippen LogP contribution in [0.4, 0.5) is 0 Å². The number of fused-ring (bicyclic) bond motifs is 1. The Morgan fingerprint density at radius 1 is 1.37 bits per heavy atom. The van der Waals surface area contributed by atoms with E-state index in [2.05, 4.69) is 39.6 Å². The van der Waals surface area contributed by atoms with Crippen molar-refractivity contribution >= 4 is 33.3 Å². The van der Waals surface area contributed by atoms with Gasteiger partial charge in [0.2, 0.25) is 5.16 Å². The zero-order chi connectivity index (χ0) is 13.2. The lowest BCUT2D eigenvalue weighted by Gasteiger charge is -2.06. The van der Waals surface area contributed by atoms with Crippen LogP contribution in [0.5, 0.6) is 0 Å². The summed E-state index contributed by atoms with van der Waals surface area (Å²) in [5.41, 5.74) is 1.08. The highest BCUT2D eigenvalue weighted by molar-refractivity contribution is 7.99. The van der Waals surface area contributed by atoms with Crippen molar-refractivity contribution in [2.24, 2.45) is 7.05 Å². The van der Waals surface area contributed by atoms with Gasteiger partial charge in [-0.05, 0) is 22.6 Å². The van der Waals surface area contributed by atoms with Crippen molar-refractivity contribution in [3.8, 4) is 0 Å². The summed E-state index contributed by atoms with van der Waals surface area (Å²) in [6.45, 7) is 2.17. The number of thioether (sulfide) groups is 1. The molecule has 1 atom stereocenters. The van der Waals surface area contributed by atoms with E-state index in [0.29, 0.717) is 5.25 Å². The largest absolute Gasteiger partial charge is 0.241 e. The maximum atomic E-state index is 4.65. The molecule has 0 saturated carbocycles. The molecule has 0 aliphatic carbocycles. The van der Waals surface area contributed by atoms with Crippen LogP contribution in [0.25, 0.3) is 10.2 Å². The van der Waals surface area contributed by atoms with E-state index in [1.54, 1.807) is 27.8 Å². The lowest BCUT2D eigenvalue weighted by Crippen LogP contribution is -2.03. The van der Waals surface area contributed by atoms with Crippen LogP contribution >= 0.6 is 23.1 Å². The Morgan fingerprint density at radius 3 is 2.95 bits per heavy atom. The van der Waals surface area contributed by atoms with Gasteiger partial charge < -0.3 is 0 Å². The number of aryl methyl sites for hydroxylation is 1. The van der Waals surface area contributed by atoms with Crippen molar-refractivity contribution in [2.45, 2.75) is 23.8 Å². The highest BCUT2D eigenvalue weighted by atomic mass is 32.2. The van der Waals surface area contributed by atoms with Gasteiger partial charge in [-0.15, -0.1) is 16.4 Å². The van der Waals surface area contributed by atoms with E-state index < -0.39 is 0 Å². The summed E-state index contributed by atoms with van der Waals surface area (Å²) >= 11 is 3.43. The SMILES string of the molecule is C[C@H](Cc1nc2ccccc2s1)Sc1nnnn1C. The fourth-order valence-electron chi connectivity index (χ4n) is 1.80. The summed E-state index contributed by atoms with van der Waals surface area (Å²) in [6, 6.07) is 8.24. The van der Waals surface area contributed by atoms with Crippen molar-refractivity contribution in [1.82, 2.24) is 25.2 Å². The van der Waals surface area contributed by atoms with E-state index in [1.165, 1.54) is 4.70 Å². The Kier molecular flexibility index (Phi) is 3.48. The Morgan fingerprint density at radius 2 is 2.21 bits per heavy atom. The second-order valence-corrected chi connectivity index (χ2v) is 6.81. The van der Waals surface area contributed by atoms with Crippen LogP contribution in [0.15, 0.2) is 29.4 Å². The Labute approximate surface area is 119 Å². The number of hydrogen-bond donors (Lipinski definition) is 0. The minimum absolute atomic E-state index is 0.394. The zero-order valence-electron chi connectivity index (χ0n) is 10.6. The van der Waals surface area contributed by atoms with Crippen molar-refractivity contribution in [2.75, 3.05) is 0 Å². The third kappa shape index (κ3) is 2.76. The summed E-state index contributed by atoms with van der Waals surface area (Å²) in [5, 5.41) is 13.9. The summed E-state index contributed by atoms with van der Waals surface area (Å²) < 4.78 is 2.94. The summed E-state index contributed by atoms with van der Waals surface area (Å²) in [6.07, 6.45) is 0.927. The molecule has 98 valence electrons. The third-order valence-electron chi connectivity index (χ3n) is 2.69. The smallest absolute Gasteiger partial charge is 0.209 e. The molecule has 3 aromatic rings. The molecular formula is C12H13N5S2. The van der Waals surface area contributed by atoms with Crippen molar-refractivity contribution in [3.63, 3.8) is 0 Å². The number of hydrogen-bond acceptors (Lipinski definition) is 6. The molecule has 1 aromatic carbocycles. The normalized spacial score (nSPS) is 12.9. The van der Waals surface area contributed by atoms with Crippen LogP contribution < -0.4 is 0 Å². The third-order valence-corrected chi connectivity index (χ3v) is 4.87. The highest BCUT2D eigenvalue weighted by Gasteiger charge is 2.13. The summed E-state index contributed by atoms with van der Waals surface area (Å²) in [4.78, 5) is 4.65. The topological polar surface area (TPSA) is 56.5 Å². The molecule has 0 aliphatic rings. The van der Waals surface area contributed by atoms with Crippen LogP contribution in [0.2, 0.25) is 0 Å². The fourth-order valence-corrected chi connectivity index (χ4v) is 3.87. The molecule has 0 unspecified atom stereocenters. The standard InChI is InChI=1S/C12H13N5S2/c1-8(18-12-14-15-16-17(12)2)7-11-13-9-5-3-4-6-10(9)19-11/h3-6,8H,7H2,1-2H3/t8-/m1/s1. The quantitative estimate of drug-likeness (QED) is 0.691. The first-order valence-corrected chi connectivity index (χ1v) is 7.65. The molecule has 5 nitrogen and oxygen atoms in total. The molecule has 2 aromatic heterocycles. The average molecular weight is 291 g/mol. The molecule has 0 bridgehead atoms. The van der Waals surface area contributed by atoms with Gasteiger partial charge in [-0.1, -0.05) is 30.8 Å². The first-order valence-electron chi connectivity index (χ1n) is 5.96. The van der Waals surface area contributed by atoms with Gasteiger partial charge in [0.25, 0.3) is 0 Å². The molecule has 0 spiro atoms. The van der Waals surface area contributed by atoms with Gasteiger partial charge in [0.05, 0.1) is 15.2 Å². The second kappa shape index (κ2) is 5.26. The minimum Gasteiger partial charge on any atom is -0.241 e. The van der Waals surface area contributed by atoms with E-state index >= 15 is 0 Å². The number of nitrogens with zero attached hydrogens (tertiary/aromatic N) is 5. The number of para-hydroxylation sites is 1. The van der Waals surface area contributed by atoms with E-state index in [1.807, 2.05) is 19.2 Å². The van der Waals surface area contributed by atoms with Gasteiger partial charge in [0.1, 0.15) is 0 Å². The predicted molar refractivity (Wildman–Crippen MR) is 77.4 cm³/mol. The molecule has 0 amide bonds. The number of tetrazole rings is 1. The first-order chi connectivity index (χ1) is 9.22. The number of benzene rings is 1. The molecule has 0 saturated heterocycles. The maximum absolute atomic E-state index is 4.65. The van der Waals surface area contributed by atoms with Gasteiger partial charge in [-0.25, -0.2) is 9.67 Å². The summed E-state index contributed by atoms with van der Waals surface area (Å²) in [7, 11) is 1.85. The Bertz CT molecular complexity index is 657. The maximum Gasteiger partial charge on any atom is 0.209 e. The molecule has 0 radical (unpaired) electrons. The second-order valence-electron chi connectivity index (χ2n) is 4.29. The minimum atomic E-state index is 0.394. The van der Waals surface area contributed by atoms with Crippen LogP contribution in [0.3, 0.4) is 0 Å². The summed E-state index contributed by atoms with van der Waals surface area (Å²) in [5.74, 6) is 0. The zero-order valence-corrected chi connectivity index (χ0v) is 12.3. The highest BCUT2D eigenvalue weighted by Crippen LogP contribution is 2.27. The van der Waals surface area contributed by atoms with Crippen LogP contribution in [0.1, 0.15) is 11.9 Å². The first kappa shape index (κ1) is 12.6. The fraction of sp³-hybridized carbons (Fsp3) is 0.333. The van der Waals surface area contributed by atoms with E-state index in [4.69, 9.17) is 0 Å². The Balaban J connectivity index is 1.72. The lowest BCUT2D eigenvalue weighted by molar-refractivity contribution is 0.663. The van der Waals surface area contributed by atoms with Gasteiger partial charge >= 0.3 is 0 Å². The molecular weight excluding hydrogens is 278 g/mol. The lowest BCUT2D eigenvalue weighted by atomic mass is 10.3. The predicted octanol–water partition coefficient (Wildman–Crippen LogP) is 2.54. The van der Waals surface area contributed by atoms with E-state index in [-0.39, 0.29) is 0 Å². The number of thiazole rings is 1. The average Bonchev–Trinajstić information content (AvgIpc) is 2.95. The van der Waals surface area contributed by atoms with Crippen LogP contribution in [0, 0.1) is 0 Å². The number of rotatable bonds is 4. The van der Waals surface area contributed by atoms with Gasteiger partial charge in [0.15, 0.2) is 0 Å². The molecule has 3 rings (SSSR count). The molecule has 7 heteroatoms. The van der Waals surface area contributed by atoms with Gasteiger partial charge in [-0.3, -0.25) is 0 Å². The molecule has 19 heavy (non-hydrogen) atoms. The molecule has 2 heterocycles. The van der Waals surface area contributed by atoms with Gasteiger partial charge in [0, 0.05) is 18.7 Å². The van der Waals surface area contributed by atoms with Crippen molar-refractivity contribution < 1.29 is 0 Å². The van der Waals surface area contributed by atoms with Crippen LogP contribution in [-0.2, 0) is 13.5 Å². The van der Waals surface area contributed by atoms with Crippen molar-refractivity contribution in [1.29, 1.82) is 0 Å². The van der Waals surface area contributed by atoms with E-state index in [0.717, 1.165) is 22.1 Å². The Hall–Kier alpha value is -1.47. The monoisotopic (exact) mass is 291 g/mol. The molecule has 0 fully saturated rings. The molecule has 0 aliphatic heterocycles.